The van der Waals surface area contributed by atoms with Gasteiger partial charge in [-0.25, -0.2) is 4.98 Å². The first-order chi connectivity index (χ1) is 6.69. The van der Waals surface area contributed by atoms with Gasteiger partial charge in [-0.15, -0.1) is 0 Å². The van der Waals surface area contributed by atoms with E-state index in [0.717, 1.165) is 6.54 Å². The van der Waals surface area contributed by atoms with Gasteiger partial charge < -0.3 is 10.2 Å². The van der Waals surface area contributed by atoms with E-state index in [-0.39, 0.29) is 0 Å². The van der Waals surface area contributed by atoms with Crippen LogP contribution < -0.4 is 0 Å². The molecular formula is C9H17N3O2. The molecule has 0 aliphatic heterocycles. The molecule has 0 amide bonds. The smallest absolute Gasteiger partial charge is 0.138 e. The molecule has 80 valence electrons. The van der Waals surface area contributed by atoms with Crippen LogP contribution in [0.4, 0.5) is 0 Å². The Hall–Kier alpha value is -0.940. The van der Waals surface area contributed by atoms with Crippen LogP contribution in [0.3, 0.4) is 0 Å². The fourth-order valence-corrected chi connectivity index (χ4v) is 1.31. The Morgan fingerprint density at radius 3 is 2.64 bits per heavy atom. The Balaban J connectivity index is 2.59. The second-order valence-corrected chi connectivity index (χ2v) is 3.24. The van der Waals surface area contributed by atoms with Crippen LogP contribution in [0.5, 0.6) is 0 Å². The van der Waals surface area contributed by atoms with Gasteiger partial charge in [0.25, 0.3) is 0 Å². The highest BCUT2D eigenvalue weighted by atomic mass is 16.3. The van der Waals surface area contributed by atoms with Crippen molar-refractivity contribution in [1.29, 1.82) is 0 Å². The van der Waals surface area contributed by atoms with Crippen molar-refractivity contribution in [3.05, 3.63) is 12.2 Å². The van der Waals surface area contributed by atoms with Gasteiger partial charge in [-0.3, -0.25) is 4.68 Å². The molecule has 1 aromatic rings. The molecule has 14 heavy (non-hydrogen) atoms. The third kappa shape index (κ3) is 2.52. The molecule has 2 atom stereocenters. The Morgan fingerprint density at radius 2 is 2.07 bits per heavy atom. The lowest BCUT2D eigenvalue weighted by Crippen LogP contribution is -2.28. The topological polar surface area (TPSA) is 71.2 Å². The van der Waals surface area contributed by atoms with Gasteiger partial charge in [-0.05, 0) is 13.3 Å². The van der Waals surface area contributed by atoms with Gasteiger partial charge in [0.05, 0.1) is 12.2 Å². The molecule has 1 rings (SSSR count). The van der Waals surface area contributed by atoms with Gasteiger partial charge in [0, 0.05) is 13.0 Å². The van der Waals surface area contributed by atoms with Crippen LogP contribution in [0.15, 0.2) is 6.33 Å². The van der Waals surface area contributed by atoms with Gasteiger partial charge in [-0.1, -0.05) is 6.92 Å². The quantitative estimate of drug-likeness (QED) is 0.698. The fourth-order valence-electron chi connectivity index (χ4n) is 1.31. The zero-order valence-electron chi connectivity index (χ0n) is 8.59. The van der Waals surface area contributed by atoms with Gasteiger partial charge in [0.15, 0.2) is 0 Å². The Labute approximate surface area is 83.4 Å². The number of rotatable bonds is 5. The first-order valence-electron chi connectivity index (χ1n) is 4.91. The summed E-state index contributed by atoms with van der Waals surface area (Å²) >= 11 is 0. The van der Waals surface area contributed by atoms with E-state index in [1.165, 1.54) is 6.33 Å². The van der Waals surface area contributed by atoms with Crippen LogP contribution in [0.1, 0.15) is 26.1 Å². The zero-order valence-corrected chi connectivity index (χ0v) is 8.59. The number of hydrogen-bond donors (Lipinski definition) is 2. The number of nitrogens with zero attached hydrogens (tertiary/aromatic N) is 3. The fraction of sp³-hybridized carbons (Fsp3) is 0.778. The zero-order chi connectivity index (χ0) is 10.6. The number of hydrogen-bond acceptors (Lipinski definition) is 4. The second kappa shape index (κ2) is 5.07. The molecule has 5 heteroatoms. The molecular weight excluding hydrogens is 182 g/mol. The van der Waals surface area contributed by atoms with E-state index in [2.05, 4.69) is 10.1 Å². The maximum atomic E-state index is 9.58. The second-order valence-electron chi connectivity index (χ2n) is 3.24. The van der Waals surface area contributed by atoms with Crippen molar-refractivity contribution in [3.8, 4) is 0 Å². The van der Waals surface area contributed by atoms with Crippen LogP contribution in [0.2, 0.25) is 0 Å². The average Bonchev–Trinajstić information content (AvgIpc) is 2.63. The lowest BCUT2D eigenvalue weighted by atomic mass is 10.1. The highest BCUT2D eigenvalue weighted by molar-refractivity contribution is 4.89. The van der Waals surface area contributed by atoms with Crippen molar-refractivity contribution in [1.82, 2.24) is 14.8 Å². The number of aromatic nitrogens is 3. The molecule has 0 aromatic carbocycles. The molecule has 2 unspecified atom stereocenters. The summed E-state index contributed by atoms with van der Waals surface area (Å²) in [6, 6.07) is 0. The number of aliphatic hydroxyl groups is 2. The highest BCUT2D eigenvalue weighted by Gasteiger charge is 2.17. The Kier molecular flexibility index (Phi) is 4.03. The van der Waals surface area contributed by atoms with Crippen molar-refractivity contribution in [3.63, 3.8) is 0 Å². The van der Waals surface area contributed by atoms with Crippen LogP contribution in [0, 0.1) is 0 Å². The lowest BCUT2D eigenvalue weighted by molar-refractivity contribution is 0.0165. The predicted molar refractivity (Wildman–Crippen MR) is 51.7 cm³/mol. The van der Waals surface area contributed by atoms with Crippen LogP contribution in [-0.2, 0) is 13.0 Å². The molecule has 5 nitrogen and oxygen atoms in total. The molecule has 0 bridgehead atoms. The van der Waals surface area contributed by atoms with Crippen LogP contribution >= 0.6 is 0 Å². The minimum Gasteiger partial charge on any atom is -0.390 e. The standard InChI is InChI=1S/C9H17N3O2/c1-3-7(13)8(14)5-9-10-6-11-12(9)4-2/h6-8,13-14H,3-5H2,1-2H3. The summed E-state index contributed by atoms with van der Waals surface area (Å²) in [7, 11) is 0. The summed E-state index contributed by atoms with van der Waals surface area (Å²) in [5, 5.41) is 22.9. The van der Waals surface area contributed by atoms with E-state index in [1.807, 2.05) is 13.8 Å². The van der Waals surface area contributed by atoms with Gasteiger partial charge in [0.2, 0.25) is 0 Å². The van der Waals surface area contributed by atoms with Crippen molar-refractivity contribution < 1.29 is 10.2 Å². The molecule has 0 saturated carbocycles. The van der Waals surface area contributed by atoms with Gasteiger partial charge in [0.1, 0.15) is 12.2 Å². The molecule has 0 fully saturated rings. The van der Waals surface area contributed by atoms with E-state index in [4.69, 9.17) is 0 Å². The minimum atomic E-state index is -0.755. The molecule has 0 radical (unpaired) electrons. The normalized spacial score (nSPS) is 15.4. The Morgan fingerprint density at radius 1 is 1.36 bits per heavy atom. The molecule has 0 spiro atoms. The molecule has 2 N–H and O–H groups in total. The summed E-state index contributed by atoms with van der Waals surface area (Å²) in [4.78, 5) is 4.02. The van der Waals surface area contributed by atoms with E-state index in [9.17, 15) is 10.2 Å². The monoisotopic (exact) mass is 199 g/mol. The maximum absolute atomic E-state index is 9.58. The van der Waals surface area contributed by atoms with Crippen molar-refractivity contribution >= 4 is 0 Å². The van der Waals surface area contributed by atoms with Crippen molar-refractivity contribution in [2.24, 2.45) is 0 Å². The number of aryl methyl sites for hydroxylation is 1. The van der Waals surface area contributed by atoms with E-state index < -0.39 is 12.2 Å². The first kappa shape index (κ1) is 11.1. The summed E-state index contributed by atoms with van der Waals surface area (Å²) in [5.41, 5.74) is 0. The van der Waals surface area contributed by atoms with Crippen LogP contribution in [0.25, 0.3) is 0 Å². The molecule has 0 aliphatic carbocycles. The van der Waals surface area contributed by atoms with E-state index in [1.54, 1.807) is 4.68 Å². The molecule has 0 aliphatic rings. The largest absolute Gasteiger partial charge is 0.390 e. The molecule has 1 heterocycles. The average molecular weight is 199 g/mol. The minimum absolute atomic E-state index is 0.350. The Bertz CT molecular complexity index is 275. The van der Waals surface area contributed by atoms with E-state index >= 15 is 0 Å². The molecule has 0 saturated heterocycles. The van der Waals surface area contributed by atoms with E-state index in [0.29, 0.717) is 18.7 Å². The van der Waals surface area contributed by atoms with Crippen LogP contribution in [-0.4, -0.2) is 37.2 Å². The third-order valence-electron chi connectivity index (χ3n) is 2.25. The summed E-state index contributed by atoms with van der Waals surface area (Å²) < 4.78 is 1.71. The maximum Gasteiger partial charge on any atom is 0.138 e. The predicted octanol–water partition coefficient (Wildman–Crippen LogP) is -0.0277. The van der Waals surface area contributed by atoms with Crippen molar-refractivity contribution in [2.75, 3.05) is 0 Å². The SMILES string of the molecule is CCC(O)C(O)Cc1ncnn1CC. The first-order valence-corrected chi connectivity index (χ1v) is 4.91. The van der Waals surface area contributed by atoms with Gasteiger partial charge >= 0.3 is 0 Å². The summed E-state index contributed by atoms with van der Waals surface area (Å²) in [5.74, 6) is 0.715. The lowest BCUT2D eigenvalue weighted by Gasteiger charge is -2.15. The molecule has 1 aromatic heterocycles. The number of aliphatic hydroxyl groups excluding tert-OH is 2. The summed E-state index contributed by atoms with van der Waals surface area (Å²) in [6.07, 6.45) is 0.917. The van der Waals surface area contributed by atoms with Crippen molar-refractivity contribution in [2.45, 2.75) is 45.4 Å². The van der Waals surface area contributed by atoms with Gasteiger partial charge in [-0.2, -0.15) is 5.10 Å². The summed E-state index contributed by atoms with van der Waals surface area (Å²) in [6.45, 7) is 4.52. The third-order valence-corrected chi connectivity index (χ3v) is 2.25. The highest BCUT2D eigenvalue weighted by Crippen LogP contribution is 2.05.